The minimum Gasteiger partial charge on any atom is -0.486 e. The molecular weight excluding hydrogens is 479 g/mol. The van der Waals surface area contributed by atoms with Crippen LogP contribution in [0.3, 0.4) is 0 Å². The summed E-state index contributed by atoms with van der Waals surface area (Å²) in [7, 11) is 5.87. The van der Waals surface area contributed by atoms with Crippen LogP contribution in [-0.4, -0.2) is 49.3 Å². The van der Waals surface area contributed by atoms with Gasteiger partial charge in [0.2, 0.25) is 0 Å². The van der Waals surface area contributed by atoms with E-state index in [9.17, 15) is 0 Å². The Labute approximate surface area is 182 Å². The summed E-state index contributed by atoms with van der Waals surface area (Å²) in [5.41, 5.74) is 2.33. The lowest BCUT2D eigenvalue weighted by atomic mass is 10.1. The summed E-state index contributed by atoms with van der Waals surface area (Å²) in [4.78, 5) is 6.47. The smallest absolute Gasteiger partial charge is 0.193 e. The number of benzene rings is 1. The van der Waals surface area contributed by atoms with Crippen molar-refractivity contribution in [3.8, 4) is 11.5 Å². The molecule has 6 nitrogen and oxygen atoms in total. The van der Waals surface area contributed by atoms with Gasteiger partial charge in [0, 0.05) is 39.6 Å². The molecular formula is C19H26ClIN4O2. The molecule has 0 unspecified atom stereocenters. The zero-order valence-corrected chi connectivity index (χ0v) is 19.0. The van der Waals surface area contributed by atoms with Gasteiger partial charge in [0.25, 0.3) is 0 Å². The molecule has 27 heavy (non-hydrogen) atoms. The molecule has 0 bridgehead atoms. The van der Waals surface area contributed by atoms with Crippen LogP contribution in [0.15, 0.2) is 35.5 Å². The molecule has 1 aliphatic rings. The first kappa shape index (κ1) is 21.7. The summed E-state index contributed by atoms with van der Waals surface area (Å²) >= 11 is 6.30. The van der Waals surface area contributed by atoms with E-state index in [0.29, 0.717) is 24.0 Å². The monoisotopic (exact) mass is 504 g/mol. The number of nitrogens with zero attached hydrogens (tertiary/aromatic N) is 3. The Morgan fingerprint density at radius 3 is 2.81 bits per heavy atom. The van der Waals surface area contributed by atoms with E-state index in [1.54, 1.807) is 7.05 Å². The second-order valence-electron chi connectivity index (χ2n) is 6.29. The van der Waals surface area contributed by atoms with Gasteiger partial charge in [-0.25, -0.2) is 0 Å². The number of nitrogens with one attached hydrogen (secondary N) is 1. The maximum atomic E-state index is 6.30. The lowest BCUT2D eigenvalue weighted by molar-refractivity contribution is 0.171. The van der Waals surface area contributed by atoms with Crippen LogP contribution in [0.4, 0.5) is 0 Å². The van der Waals surface area contributed by atoms with Gasteiger partial charge in [-0.3, -0.25) is 4.99 Å². The van der Waals surface area contributed by atoms with E-state index in [1.807, 2.05) is 38.5 Å². The second-order valence-corrected chi connectivity index (χ2v) is 6.70. The molecule has 0 aliphatic carbocycles. The van der Waals surface area contributed by atoms with Crippen LogP contribution in [0.25, 0.3) is 0 Å². The average molecular weight is 505 g/mol. The predicted octanol–water partition coefficient (Wildman–Crippen LogP) is 3.32. The van der Waals surface area contributed by atoms with Gasteiger partial charge in [0.05, 0.1) is 11.6 Å². The largest absolute Gasteiger partial charge is 0.486 e. The second kappa shape index (κ2) is 10.1. The highest BCUT2D eigenvalue weighted by molar-refractivity contribution is 14.0. The van der Waals surface area contributed by atoms with E-state index >= 15 is 0 Å². The summed E-state index contributed by atoms with van der Waals surface area (Å²) in [5.74, 6) is 2.23. The van der Waals surface area contributed by atoms with Crippen molar-refractivity contribution in [1.29, 1.82) is 0 Å². The Morgan fingerprint density at radius 1 is 1.33 bits per heavy atom. The van der Waals surface area contributed by atoms with E-state index in [2.05, 4.69) is 25.8 Å². The molecule has 0 spiro atoms. The highest BCUT2D eigenvalue weighted by atomic mass is 127. The van der Waals surface area contributed by atoms with Crippen LogP contribution in [0.5, 0.6) is 11.5 Å². The van der Waals surface area contributed by atoms with Crippen LogP contribution < -0.4 is 14.8 Å². The van der Waals surface area contributed by atoms with Crippen LogP contribution >= 0.6 is 35.6 Å². The molecule has 8 heteroatoms. The maximum Gasteiger partial charge on any atom is 0.193 e. The maximum absolute atomic E-state index is 6.30. The van der Waals surface area contributed by atoms with Crippen LogP contribution in [0.1, 0.15) is 11.3 Å². The molecule has 0 amide bonds. The molecule has 2 aromatic rings. The van der Waals surface area contributed by atoms with Crippen molar-refractivity contribution < 1.29 is 9.47 Å². The van der Waals surface area contributed by atoms with Gasteiger partial charge in [-0.1, -0.05) is 11.6 Å². The van der Waals surface area contributed by atoms with Gasteiger partial charge in [-0.2, -0.15) is 0 Å². The normalized spacial score (nSPS) is 13.1. The topological polar surface area (TPSA) is 51.0 Å². The molecule has 148 valence electrons. The van der Waals surface area contributed by atoms with Crippen molar-refractivity contribution in [2.75, 3.05) is 33.9 Å². The van der Waals surface area contributed by atoms with Gasteiger partial charge in [-0.15, -0.1) is 24.0 Å². The highest BCUT2D eigenvalue weighted by Crippen LogP contribution is 2.38. The number of aryl methyl sites for hydroxylation is 1. The average Bonchev–Trinajstić information content (AvgIpc) is 3.03. The quantitative estimate of drug-likeness (QED) is 0.386. The SMILES string of the molecule is CN=C(NCCc1cc(Cl)c2c(c1)OCCO2)N(C)Cc1cccn1C.I. The van der Waals surface area contributed by atoms with E-state index in [0.717, 1.165) is 36.8 Å². The first-order valence-corrected chi connectivity index (χ1v) is 9.06. The third-order valence-corrected chi connectivity index (χ3v) is 4.66. The summed E-state index contributed by atoms with van der Waals surface area (Å²) in [6, 6.07) is 8.09. The van der Waals surface area contributed by atoms with Crippen molar-refractivity contribution in [1.82, 2.24) is 14.8 Å². The molecule has 0 saturated carbocycles. The van der Waals surface area contributed by atoms with Gasteiger partial charge in [0.15, 0.2) is 17.5 Å². The van der Waals surface area contributed by atoms with Gasteiger partial charge in [0.1, 0.15) is 13.2 Å². The molecule has 1 aromatic heterocycles. The van der Waals surface area contributed by atoms with Gasteiger partial charge < -0.3 is 24.3 Å². The zero-order chi connectivity index (χ0) is 18.5. The number of ether oxygens (including phenoxy) is 2. The first-order chi connectivity index (χ1) is 12.6. The minimum absolute atomic E-state index is 0. The zero-order valence-electron chi connectivity index (χ0n) is 15.9. The minimum atomic E-state index is 0. The number of aromatic nitrogens is 1. The molecule has 0 fully saturated rings. The first-order valence-electron chi connectivity index (χ1n) is 8.68. The Morgan fingerprint density at radius 2 is 2.11 bits per heavy atom. The summed E-state index contributed by atoms with van der Waals surface area (Å²) in [6.45, 7) is 2.64. The van der Waals surface area contributed by atoms with Crippen molar-refractivity contribution in [2.45, 2.75) is 13.0 Å². The van der Waals surface area contributed by atoms with Crippen molar-refractivity contribution in [3.63, 3.8) is 0 Å². The fourth-order valence-electron chi connectivity index (χ4n) is 2.99. The number of halogens is 2. The van der Waals surface area contributed by atoms with Crippen molar-refractivity contribution in [3.05, 3.63) is 46.7 Å². The van der Waals surface area contributed by atoms with Crippen molar-refractivity contribution >= 4 is 41.5 Å². The van der Waals surface area contributed by atoms with Gasteiger partial charge >= 0.3 is 0 Å². The molecule has 3 rings (SSSR count). The van der Waals surface area contributed by atoms with E-state index in [4.69, 9.17) is 21.1 Å². The fourth-order valence-corrected chi connectivity index (χ4v) is 3.28. The number of hydrogen-bond acceptors (Lipinski definition) is 3. The Balaban J connectivity index is 0.00000261. The third-order valence-electron chi connectivity index (χ3n) is 4.38. The standard InChI is InChI=1S/C19H25ClN4O2.HI/c1-21-19(24(3)13-15-5-4-8-23(15)2)22-7-6-14-11-16(20)18-17(12-14)25-9-10-26-18;/h4-5,8,11-12H,6-7,9-10,13H2,1-3H3,(H,21,22);1H. The lowest BCUT2D eigenvalue weighted by Gasteiger charge is -2.23. The van der Waals surface area contributed by atoms with Crippen LogP contribution in [0, 0.1) is 0 Å². The van der Waals surface area contributed by atoms with Crippen LogP contribution in [-0.2, 0) is 20.0 Å². The fraction of sp³-hybridized carbons (Fsp3) is 0.421. The molecule has 0 saturated heterocycles. The molecule has 1 aromatic carbocycles. The third kappa shape index (κ3) is 5.44. The summed E-state index contributed by atoms with van der Waals surface area (Å²) < 4.78 is 13.3. The number of fused-ring (bicyclic) bond motifs is 1. The molecule has 0 atom stereocenters. The number of aliphatic imine (C=N–C) groups is 1. The number of guanidine groups is 1. The van der Waals surface area contributed by atoms with E-state index in [1.165, 1.54) is 5.69 Å². The molecule has 2 heterocycles. The summed E-state index contributed by atoms with van der Waals surface area (Å²) in [6.07, 6.45) is 2.86. The number of rotatable bonds is 5. The highest BCUT2D eigenvalue weighted by Gasteiger charge is 2.16. The van der Waals surface area contributed by atoms with E-state index in [-0.39, 0.29) is 24.0 Å². The van der Waals surface area contributed by atoms with E-state index < -0.39 is 0 Å². The van der Waals surface area contributed by atoms with Gasteiger partial charge in [-0.05, 0) is 36.2 Å². The number of hydrogen-bond donors (Lipinski definition) is 1. The summed E-state index contributed by atoms with van der Waals surface area (Å²) in [5, 5.41) is 4.00. The van der Waals surface area contributed by atoms with Crippen molar-refractivity contribution in [2.24, 2.45) is 12.0 Å². The lowest BCUT2D eigenvalue weighted by Crippen LogP contribution is -2.39. The van der Waals surface area contributed by atoms with Crippen LogP contribution in [0.2, 0.25) is 5.02 Å². The predicted molar refractivity (Wildman–Crippen MR) is 120 cm³/mol. The molecule has 1 N–H and O–H groups in total. The molecule has 0 radical (unpaired) electrons. The Kier molecular flexibility index (Phi) is 8.09. The Hall–Kier alpha value is -1.61. The molecule has 1 aliphatic heterocycles. The Bertz CT molecular complexity index is 794.